The topological polar surface area (TPSA) is 62.2 Å². The van der Waals surface area contributed by atoms with Crippen LogP contribution in [0.15, 0.2) is 41.5 Å². The second-order valence-corrected chi connectivity index (χ2v) is 6.80. The summed E-state index contributed by atoms with van der Waals surface area (Å²) in [5.74, 6) is 0.779. The van der Waals surface area contributed by atoms with Gasteiger partial charge in [0.25, 0.3) is 0 Å². The van der Waals surface area contributed by atoms with Gasteiger partial charge in [0.2, 0.25) is 0 Å². The van der Waals surface area contributed by atoms with Gasteiger partial charge in [-0.1, -0.05) is 18.2 Å². The predicted molar refractivity (Wildman–Crippen MR) is 100 cm³/mol. The highest BCUT2D eigenvalue weighted by molar-refractivity contribution is 7.11. The minimum absolute atomic E-state index is 0.698. The first kappa shape index (κ1) is 16.4. The van der Waals surface area contributed by atoms with Gasteiger partial charge in [0.15, 0.2) is 5.96 Å². The van der Waals surface area contributed by atoms with Gasteiger partial charge in [-0.05, 0) is 31.5 Å². The van der Waals surface area contributed by atoms with Gasteiger partial charge in [-0.3, -0.25) is 9.98 Å². The van der Waals surface area contributed by atoms with Gasteiger partial charge < -0.3 is 10.6 Å². The number of aryl methyl sites for hydroxylation is 2. The Morgan fingerprint density at radius 1 is 1.12 bits per heavy atom. The summed E-state index contributed by atoms with van der Waals surface area (Å²) in [4.78, 5) is 14.4. The Balaban J connectivity index is 1.64. The van der Waals surface area contributed by atoms with Crippen molar-refractivity contribution in [3.05, 3.63) is 57.7 Å². The Kier molecular flexibility index (Phi) is 5.05. The van der Waals surface area contributed by atoms with Crippen LogP contribution in [0, 0.1) is 13.8 Å². The number of nitrogens with zero attached hydrogens (tertiary/aromatic N) is 3. The zero-order valence-electron chi connectivity index (χ0n) is 14.1. The number of aromatic nitrogens is 2. The highest BCUT2D eigenvalue weighted by Gasteiger charge is 2.07. The Hall–Kier alpha value is -2.47. The Morgan fingerprint density at radius 3 is 2.67 bits per heavy atom. The molecule has 0 spiro atoms. The molecule has 0 radical (unpaired) electrons. The summed E-state index contributed by atoms with van der Waals surface area (Å²) in [6.07, 6.45) is 1.85. The molecule has 0 aliphatic heterocycles. The molecule has 1 aromatic carbocycles. The molecule has 0 saturated heterocycles. The molecule has 24 heavy (non-hydrogen) atoms. The van der Waals surface area contributed by atoms with Crippen LogP contribution in [0.2, 0.25) is 0 Å². The number of pyridine rings is 1. The molecule has 0 atom stereocenters. The number of aliphatic imine (C=N–C) groups is 1. The van der Waals surface area contributed by atoms with Crippen LogP contribution >= 0.6 is 11.3 Å². The highest BCUT2D eigenvalue weighted by atomic mass is 32.1. The molecule has 2 heterocycles. The standard InChI is InChI=1S/C18H21N5S/c1-12-17(24-13(2)23-12)11-22-18(19-3)21-10-14-8-9-20-16-7-5-4-6-15(14)16/h4-9H,10-11H2,1-3H3,(H2,19,21,22). The van der Waals surface area contributed by atoms with Gasteiger partial charge in [0.1, 0.15) is 0 Å². The molecule has 3 rings (SSSR count). The van der Waals surface area contributed by atoms with Gasteiger partial charge >= 0.3 is 0 Å². The number of fused-ring (bicyclic) bond motifs is 1. The molecule has 6 heteroatoms. The number of thiazole rings is 1. The monoisotopic (exact) mass is 339 g/mol. The second kappa shape index (κ2) is 7.40. The molecule has 0 amide bonds. The van der Waals surface area contributed by atoms with Crippen molar-refractivity contribution in [1.29, 1.82) is 0 Å². The number of nitrogens with one attached hydrogen (secondary N) is 2. The van der Waals surface area contributed by atoms with Gasteiger partial charge in [-0.15, -0.1) is 11.3 Å². The van der Waals surface area contributed by atoms with Crippen molar-refractivity contribution in [3.8, 4) is 0 Å². The van der Waals surface area contributed by atoms with Crippen molar-refractivity contribution < 1.29 is 0 Å². The third-order valence-electron chi connectivity index (χ3n) is 3.83. The van der Waals surface area contributed by atoms with Crippen LogP contribution < -0.4 is 10.6 Å². The van der Waals surface area contributed by atoms with E-state index in [9.17, 15) is 0 Å². The lowest BCUT2D eigenvalue weighted by Gasteiger charge is -2.12. The summed E-state index contributed by atoms with van der Waals surface area (Å²) in [5, 5.41) is 8.98. The molecule has 3 aromatic rings. The van der Waals surface area contributed by atoms with Gasteiger partial charge in [0.05, 0.1) is 22.8 Å². The molecule has 124 valence electrons. The van der Waals surface area contributed by atoms with Crippen LogP contribution in [0.4, 0.5) is 0 Å². The van der Waals surface area contributed by atoms with Crippen LogP contribution in [-0.4, -0.2) is 23.0 Å². The smallest absolute Gasteiger partial charge is 0.191 e. The summed E-state index contributed by atoms with van der Waals surface area (Å²) in [6.45, 7) is 5.50. The van der Waals surface area contributed by atoms with Crippen molar-refractivity contribution in [2.24, 2.45) is 4.99 Å². The van der Waals surface area contributed by atoms with E-state index in [1.807, 2.05) is 44.3 Å². The maximum atomic E-state index is 4.45. The Morgan fingerprint density at radius 2 is 1.92 bits per heavy atom. The van der Waals surface area contributed by atoms with E-state index < -0.39 is 0 Å². The minimum Gasteiger partial charge on any atom is -0.352 e. The number of rotatable bonds is 4. The summed E-state index contributed by atoms with van der Waals surface area (Å²) in [5.41, 5.74) is 3.30. The molecule has 0 unspecified atom stereocenters. The highest BCUT2D eigenvalue weighted by Crippen LogP contribution is 2.17. The van der Waals surface area contributed by atoms with E-state index in [0.29, 0.717) is 6.54 Å². The normalized spacial score (nSPS) is 11.7. The van der Waals surface area contributed by atoms with Gasteiger partial charge in [-0.2, -0.15) is 0 Å². The average molecular weight is 339 g/mol. The average Bonchev–Trinajstić information content (AvgIpc) is 2.92. The summed E-state index contributed by atoms with van der Waals surface area (Å²) >= 11 is 1.72. The number of hydrogen-bond donors (Lipinski definition) is 2. The fourth-order valence-corrected chi connectivity index (χ4v) is 3.49. The molecule has 5 nitrogen and oxygen atoms in total. The molecule has 0 bridgehead atoms. The first-order valence-corrected chi connectivity index (χ1v) is 8.69. The quantitative estimate of drug-likeness (QED) is 0.566. The number of hydrogen-bond acceptors (Lipinski definition) is 4. The van der Waals surface area contributed by atoms with Crippen molar-refractivity contribution in [3.63, 3.8) is 0 Å². The van der Waals surface area contributed by atoms with E-state index in [0.717, 1.165) is 34.1 Å². The zero-order valence-corrected chi connectivity index (χ0v) is 14.9. The van der Waals surface area contributed by atoms with Crippen molar-refractivity contribution >= 4 is 28.2 Å². The largest absolute Gasteiger partial charge is 0.352 e. The Labute approximate surface area is 145 Å². The lowest BCUT2D eigenvalue weighted by molar-refractivity contribution is 0.814. The maximum absolute atomic E-state index is 4.45. The Bertz CT molecular complexity index is 863. The summed E-state index contributed by atoms with van der Waals surface area (Å²) < 4.78 is 0. The fraction of sp³-hybridized carbons (Fsp3) is 0.278. The van der Waals surface area contributed by atoms with Crippen molar-refractivity contribution in [1.82, 2.24) is 20.6 Å². The third kappa shape index (κ3) is 3.71. The van der Waals surface area contributed by atoms with E-state index >= 15 is 0 Å². The molecule has 0 aliphatic carbocycles. The van der Waals surface area contributed by atoms with Crippen LogP contribution in [-0.2, 0) is 13.1 Å². The molecule has 0 aliphatic rings. The molecule has 2 N–H and O–H groups in total. The van der Waals surface area contributed by atoms with Gasteiger partial charge in [0, 0.05) is 30.1 Å². The van der Waals surface area contributed by atoms with E-state index in [-0.39, 0.29) is 0 Å². The van der Waals surface area contributed by atoms with Crippen LogP contribution in [0.3, 0.4) is 0 Å². The summed E-state index contributed by atoms with van der Waals surface area (Å²) in [7, 11) is 1.78. The van der Waals surface area contributed by atoms with Crippen LogP contribution in [0.5, 0.6) is 0 Å². The zero-order chi connectivity index (χ0) is 16.9. The predicted octanol–water partition coefficient (Wildman–Crippen LogP) is 3.17. The van der Waals surface area contributed by atoms with Crippen molar-refractivity contribution in [2.75, 3.05) is 7.05 Å². The summed E-state index contributed by atoms with van der Waals surface area (Å²) in [6, 6.07) is 10.2. The lowest BCUT2D eigenvalue weighted by Crippen LogP contribution is -2.36. The number of para-hydroxylation sites is 1. The van der Waals surface area contributed by atoms with Crippen LogP contribution in [0.1, 0.15) is 21.1 Å². The first-order chi connectivity index (χ1) is 11.7. The van der Waals surface area contributed by atoms with Crippen LogP contribution in [0.25, 0.3) is 10.9 Å². The number of guanidine groups is 1. The first-order valence-electron chi connectivity index (χ1n) is 7.87. The fourth-order valence-electron chi connectivity index (χ4n) is 2.61. The third-order valence-corrected chi connectivity index (χ3v) is 4.90. The minimum atomic E-state index is 0.698. The molecule has 0 fully saturated rings. The maximum Gasteiger partial charge on any atom is 0.191 e. The van der Waals surface area contributed by atoms with E-state index in [1.54, 1.807) is 18.4 Å². The lowest BCUT2D eigenvalue weighted by atomic mass is 10.1. The molecule has 2 aromatic heterocycles. The van der Waals surface area contributed by atoms with E-state index in [4.69, 9.17) is 0 Å². The SMILES string of the molecule is CN=C(NCc1sc(C)nc1C)NCc1ccnc2ccccc12. The van der Waals surface area contributed by atoms with E-state index in [1.165, 1.54) is 10.4 Å². The van der Waals surface area contributed by atoms with Gasteiger partial charge in [-0.25, -0.2) is 4.98 Å². The van der Waals surface area contributed by atoms with E-state index in [2.05, 4.69) is 31.7 Å². The number of benzene rings is 1. The molecular formula is C18H21N5S. The molecular weight excluding hydrogens is 318 g/mol. The van der Waals surface area contributed by atoms with Crippen molar-refractivity contribution in [2.45, 2.75) is 26.9 Å². The molecule has 0 saturated carbocycles. The second-order valence-electron chi connectivity index (χ2n) is 5.51.